The Labute approximate surface area is 137 Å². The SMILES string of the molecule is CCCOc1ccc(NC(=O)N(CC(C)O)C(C)C)cc1Cl. The van der Waals surface area contributed by atoms with Gasteiger partial charge in [-0.3, -0.25) is 0 Å². The van der Waals surface area contributed by atoms with Crippen LogP contribution >= 0.6 is 11.6 Å². The molecule has 0 radical (unpaired) electrons. The summed E-state index contributed by atoms with van der Waals surface area (Å²) in [6, 6.07) is 4.86. The number of aliphatic hydroxyl groups is 1. The summed E-state index contributed by atoms with van der Waals surface area (Å²) in [6.45, 7) is 8.34. The van der Waals surface area contributed by atoms with Gasteiger partial charge in [-0.1, -0.05) is 18.5 Å². The summed E-state index contributed by atoms with van der Waals surface area (Å²) >= 11 is 6.15. The zero-order chi connectivity index (χ0) is 16.7. The Kier molecular flexibility index (Phi) is 7.48. The normalized spacial score (nSPS) is 12.1. The van der Waals surface area contributed by atoms with Crippen molar-refractivity contribution in [2.45, 2.75) is 46.3 Å². The van der Waals surface area contributed by atoms with Crippen molar-refractivity contribution >= 4 is 23.3 Å². The minimum Gasteiger partial charge on any atom is -0.492 e. The second-order valence-corrected chi connectivity index (χ2v) is 5.93. The lowest BCUT2D eigenvalue weighted by Gasteiger charge is -2.28. The summed E-state index contributed by atoms with van der Waals surface area (Å²) in [5.41, 5.74) is 0.593. The van der Waals surface area contributed by atoms with E-state index >= 15 is 0 Å². The highest BCUT2D eigenvalue weighted by Crippen LogP contribution is 2.28. The molecule has 0 aliphatic rings. The van der Waals surface area contributed by atoms with Crippen molar-refractivity contribution in [2.24, 2.45) is 0 Å². The molecular weight excluding hydrogens is 304 g/mol. The number of urea groups is 1. The standard InChI is InChI=1S/C16H25ClN2O3/c1-5-8-22-15-7-6-13(9-14(15)17)18-16(21)19(11(2)3)10-12(4)20/h6-7,9,11-12,20H,5,8,10H2,1-4H3,(H,18,21). The molecule has 0 aliphatic carbocycles. The summed E-state index contributed by atoms with van der Waals surface area (Å²) in [6.07, 6.45) is 0.318. The van der Waals surface area contributed by atoms with Crippen molar-refractivity contribution in [1.82, 2.24) is 4.90 Å². The third-order valence-corrected chi connectivity index (χ3v) is 3.29. The monoisotopic (exact) mass is 328 g/mol. The van der Waals surface area contributed by atoms with Gasteiger partial charge in [-0.2, -0.15) is 0 Å². The number of nitrogens with zero attached hydrogens (tertiary/aromatic N) is 1. The maximum atomic E-state index is 12.3. The van der Waals surface area contributed by atoms with E-state index in [1.54, 1.807) is 30.0 Å². The number of rotatable bonds is 7. The van der Waals surface area contributed by atoms with Crippen LogP contribution in [-0.4, -0.2) is 41.3 Å². The Bertz CT molecular complexity index is 492. The Morgan fingerprint density at radius 2 is 2.09 bits per heavy atom. The van der Waals surface area contributed by atoms with Crippen LogP contribution in [-0.2, 0) is 0 Å². The molecule has 0 aliphatic heterocycles. The second-order valence-electron chi connectivity index (χ2n) is 5.52. The average molecular weight is 329 g/mol. The molecule has 1 rings (SSSR count). The van der Waals surface area contributed by atoms with Gasteiger partial charge in [0.05, 0.1) is 17.7 Å². The minimum atomic E-state index is -0.582. The first-order chi connectivity index (χ1) is 10.3. The van der Waals surface area contributed by atoms with E-state index in [0.29, 0.717) is 23.1 Å². The van der Waals surface area contributed by atoms with Crippen LogP contribution in [0.2, 0.25) is 5.02 Å². The molecule has 2 amide bonds. The highest BCUT2D eigenvalue weighted by molar-refractivity contribution is 6.32. The highest BCUT2D eigenvalue weighted by Gasteiger charge is 2.19. The fourth-order valence-corrected chi connectivity index (χ4v) is 2.15. The Morgan fingerprint density at radius 1 is 1.41 bits per heavy atom. The number of benzene rings is 1. The van der Waals surface area contributed by atoms with Gasteiger partial charge in [-0.15, -0.1) is 0 Å². The molecule has 0 heterocycles. The lowest BCUT2D eigenvalue weighted by Crippen LogP contribution is -2.43. The van der Waals surface area contributed by atoms with Gasteiger partial charge in [0.2, 0.25) is 0 Å². The van der Waals surface area contributed by atoms with E-state index < -0.39 is 6.10 Å². The summed E-state index contributed by atoms with van der Waals surface area (Å²) < 4.78 is 5.50. The molecule has 1 unspecified atom stereocenters. The average Bonchev–Trinajstić information content (AvgIpc) is 2.43. The number of aliphatic hydroxyl groups excluding tert-OH is 1. The molecule has 5 nitrogen and oxygen atoms in total. The third kappa shape index (κ3) is 5.73. The number of hydrogen-bond donors (Lipinski definition) is 2. The third-order valence-electron chi connectivity index (χ3n) is 2.99. The fraction of sp³-hybridized carbons (Fsp3) is 0.562. The first-order valence-electron chi connectivity index (χ1n) is 7.53. The van der Waals surface area contributed by atoms with E-state index in [-0.39, 0.29) is 18.6 Å². The smallest absolute Gasteiger partial charge is 0.322 e. The lowest BCUT2D eigenvalue weighted by molar-refractivity contribution is 0.125. The number of amides is 2. The van der Waals surface area contributed by atoms with E-state index in [2.05, 4.69) is 5.32 Å². The minimum absolute atomic E-state index is 0.0165. The van der Waals surface area contributed by atoms with Crippen molar-refractivity contribution in [3.63, 3.8) is 0 Å². The first kappa shape index (κ1) is 18.6. The van der Waals surface area contributed by atoms with Crippen molar-refractivity contribution in [2.75, 3.05) is 18.5 Å². The Morgan fingerprint density at radius 3 is 2.59 bits per heavy atom. The zero-order valence-corrected chi connectivity index (χ0v) is 14.4. The molecule has 1 aromatic carbocycles. The largest absolute Gasteiger partial charge is 0.492 e. The van der Waals surface area contributed by atoms with Gasteiger partial charge < -0.3 is 20.1 Å². The van der Waals surface area contributed by atoms with E-state index in [4.69, 9.17) is 16.3 Å². The van der Waals surface area contributed by atoms with Gasteiger partial charge in [0, 0.05) is 18.3 Å². The zero-order valence-electron chi connectivity index (χ0n) is 13.6. The molecule has 0 fully saturated rings. The first-order valence-corrected chi connectivity index (χ1v) is 7.91. The molecule has 1 atom stereocenters. The van der Waals surface area contributed by atoms with E-state index in [1.165, 1.54) is 0 Å². The Balaban J connectivity index is 2.76. The van der Waals surface area contributed by atoms with E-state index in [0.717, 1.165) is 6.42 Å². The maximum absolute atomic E-state index is 12.3. The van der Waals surface area contributed by atoms with Gasteiger partial charge in [-0.05, 0) is 45.4 Å². The molecule has 1 aromatic rings. The molecule has 124 valence electrons. The number of halogens is 1. The van der Waals surface area contributed by atoms with Crippen molar-refractivity contribution in [3.05, 3.63) is 23.2 Å². The number of nitrogens with one attached hydrogen (secondary N) is 1. The van der Waals surface area contributed by atoms with Crippen molar-refractivity contribution < 1.29 is 14.6 Å². The molecule has 0 spiro atoms. The van der Waals surface area contributed by atoms with Crippen LogP contribution in [0.15, 0.2) is 18.2 Å². The molecule has 2 N–H and O–H groups in total. The van der Waals surface area contributed by atoms with Crippen molar-refractivity contribution in [1.29, 1.82) is 0 Å². The molecule has 6 heteroatoms. The molecule has 0 saturated carbocycles. The molecule has 0 bridgehead atoms. The van der Waals surface area contributed by atoms with E-state index in [9.17, 15) is 9.90 Å². The van der Waals surface area contributed by atoms with Crippen LogP contribution in [0.4, 0.5) is 10.5 Å². The summed E-state index contributed by atoms with van der Waals surface area (Å²) in [7, 11) is 0. The van der Waals surface area contributed by atoms with E-state index in [1.807, 2.05) is 20.8 Å². The van der Waals surface area contributed by atoms with Crippen LogP contribution in [0.25, 0.3) is 0 Å². The van der Waals surface area contributed by atoms with Gasteiger partial charge in [0.25, 0.3) is 0 Å². The molecule has 22 heavy (non-hydrogen) atoms. The molecule has 0 saturated heterocycles. The summed E-state index contributed by atoms with van der Waals surface area (Å²) in [5, 5.41) is 12.7. The quantitative estimate of drug-likeness (QED) is 0.801. The predicted octanol–water partition coefficient (Wildman–Crippen LogP) is 3.75. The van der Waals surface area contributed by atoms with Gasteiger partial charge >= 0.3 is 6.03 Å². The van der Waals surface area contributed by atoms with Gasteiger partial charge in [-0.25, -0.2) is 4.79 Å². The summed E-state index contributed by atoms with van der Waals surface area (Å²) in [4.78, 5) is 13.9. The number of ether oxygens (including phenoxy) is 1. The van der Waals surface area contributed by atoms with Crippen molar-refractivity contribution in [3.8, 4) is 5.75 Å². The highest BCUT2D eigenvalue weighted by atomic mass is 35.5. The van der Waals surface area contributed by atoms with Crippen LogP contribution in [0.5, 0.6) is 5.75 Å². The van der Waals surface area contributed by atoms with Crippen LogP contribution in [0.3, 0.4) is 0 Å². The number of anilines is 1. The lowest BCUT2D eigenvalue weighted by atomic mass is 10.2. The number of carbonyl (C=O) groups is 1. The molecule has 0 aromatic heterocycles. The molecular formula is C16H25ClN2O3. The summed E-state index contributed by atoms with van der Waals surface area (Å²) in [5.74, 6) is 0.603. The maximum Gasteiger partial charge on any atom is 0.322 e. The Hall–Kier alpha value is -1.46. The van der Waals surface area contributed by atoms with Crippen LogP contribution in [0, 0.1) is 0 Å². The fourth-order valence-electron chi connectivity index (χ4n) is 1.92. The topological polar surface area (TPSA) is 61.8 Å². The van der Waals surface area contributed by atoms with Gasteiger partial charge in [0.15, 0.2) is 0 Å². The number of hydrogen-bond acceptors (Lipinski definition) is 3. The van der Waals surface area contributed by atoms with Crippen LogP contribution < -0.4 is 10.1 Å². The number of carbonyl (C=O) groups excluding carboxylic acids is 1. The predicted molar refractivity (Wildman–Crippen MR) is 89.8 cm³/mol. The second kappa shape index (κ2) is 8.86. The van der Waals surface area contributed by atoms with Crippen LogP contribution in [0.1, 0.15) is 34.1 Å². The van der Waals surface area contributed by atoms with Gasteiger partial charge in [0.1, 0.15) is 5.75 Å².